The van der Waals surface area contributed by atoms with E-state index >= 15 is 0 Å². The van der Waals surface area contributed by atoms with Crippen LogP contribution in [0, 0.1) is 0 Å². The van der Waals surface area contributed by atoms with Crippen molar-refractivity contribution in [1.29, 1.82) is 0 Å². The minimum Gasteiger partial charge on any atom is -0.381 e. The summed E-state index contributed by atoms with van der Waals surface area (Å²) in [5.74, 6) is 0. The molecule has 0 radical (unpaired) electrons. The Bertz CT molecular complexity index is 306. The third-order valence-corrected chi connectivity index (χ3v) is 5.32. The van der Waals surface area contributed by atoms with Gasteiger partial charge in [0.25, 0.3) is 0 Å². The van der Waals surface area contributed by atoms with E-state index in [1.807, 2.05) is 13.8 Å². The Labute approximate surface area is 97.8 Å². The fraction of sp³-hybridized carbons (Fsp3) is 1.00. The van der Waals surface area contributed by atoms with Gasteiger partial charge in [-0.1, -0.05) is 6.92 Å². The molecule has 0 aromatic heterocycles. The van der Waals surface area contributed by atoms with Gasteiger partial charge in [0.1, 0.15) is 0 Å². The average Bonchev–Trinajstić information content (AvgIpc) is 2.18. The summed E-state index contributed by atoms with van der Waals surface area (Å²) in [4.78, 5) is 0. The van der Waals surface area contributed by atoms with Crippen molar-refractivity contribution in [3.63, 3.8) is 0 Å². The summed E-state index contributed by atoms with van der Waals surface area (Å²) in [5.41, 5.74) is 5.10. The second-order valence-electron chi connectivity index (χ2n) is 4.59. The second kappa shape index (κ2) is 5.44. The molecular formula is C10H22N2O3S. The molecule has 1 heterocycles. The maximum absolute atomic E-state index is 12.0. The maximum Gasteiger partial charge on any atom is 0.216 e. The van der Waals surface area contributed by atoms with Crippen molar-refractivity contribution in [1.82, 2.24) is 4.72 Å². The van der Waals surface area contributed by atoms with Crippen LogP contribution in [-0.4, -0.2) is 39.0 Å². The Hall–Kier alpha value is -0.170. The molecule has 1 saturated heterocycles. The Morgan fingerprint density at radius 3 is 2.44 bits per heavy atom. The third-order valence-electron chi connectivity index (χ3n) is 3.14. The summed E-state index contributed by atoms with van der Waals surface area (Å²) in [6, 6.07) is 0. The van der Waals surface area contributed by atoms with Crippen LogP contribution in [-0.2, 0) is 14.8 Å². The zero-order valence-corrected chi connectivity index (χ0v) is 10.8. The van der Waals surface area contributed by atoms with Crippen molar-refractivity contribution < 1.29 is 13.2 Å². The maximum atomic E-state index is 12.0. The molecule has 96 valence electrons. The topological polar surface area (TPSA) is 81.4 Å². The molecular weight excluding hydrogens is 228 g/mol. The van der Waals surface area contributed by atoms with E-state index in [-0.39, 0.29) is 12.1 Å². The summed E-state index contributed by atoms with van der Waals surface area (Å²) >= 11 is 0. The average molecular weight is 250 g/mol. The summed E-state index contributed by atoms with van der Waals surface area (Å²) in [5, 5.41) is -0.493. The Balaban J connectivity index is 2.70. The molecule has 0 bridgehead atoms. The summed E-state index contributed by atoms with van der Waals surface area (Å²) in [6.07, 6.45) is 1.97. The number of hydrogen-bond donors (Lipinski definition) is 2. The van der Waals surface area contributed by atoms with Crippen LogP contribution in [0.4, 0.5) is 0 Å². The van der Waals surface area contributed by atoms with Crippen LogP contribution >= 0.6 is 0 Å². The lowest BCUT2D eigenvalue weighted by molar-refractivity contribution is 0.0536. The lowest BCUT2D eigenvalue weighted by Crippen LogP contribution is -2.53. The molecule has 6 heteroatoms. The van der Waals surface area contributed by atoms with E-state index < -0.39 is 15.3 Å². The highest BCUT2D eigenvalue weighted by molar-refractivity contribution is 7.90. The first-order valence-corrected chi connectivity index (χ1v) is 7.29. The van der Waals surface area contributed by atoms with E-state index in [0.717, 1.165) is 0 Å². The van der Waals surface area contributed by atoms with E-state index in [2.05, 4.69) is 4.72 Å². The molecule has 1 unspecified atom stereocenters. The molecule has 0 saturated carbocycles. The standard InChI is InChI=1S/C10H22N2O3S/c1-3-9(8-11)16(13,14)12-10(2)4-6-15-7-5-10/h9,12H,3-8,11H2,1-2H3. The van der Waals surface area contributed by atoms with Gasteiger partial charge in [-0.15, -0.1) is 0 Å². The first kappa shape index (κ1) is 13.9. The monoisotopic (exact) mass is 250 g/mol. The molecule has 0 aliphatic carbocycles. The predicted octanol–water partition coefficient (Wildman–Crippen LogP) is 0.212. The number of nitrogens with two attached hydrogens (primary N) is 1. The van der Waals surface area contributed by atoms with Crippen LogP contribution in [0.1, 0.15) is 33.1 Å². The molecule has 1 atom stereocenters. The lowest BCUT2D eigenvalue weighted by atomic mass is 9.94. The highest BCUT2D eigenvalue weighted by atomic mass is 32.2. The van der Waals surface area contributed by atoms with Crippen molar-refractivity contribution >= 4 is 10.0 Å². The van der Waals surface area contributed by atoms with Crippen molar-refractivity contribution in [2.45, 2.75) is 43.9 Å². The fourth-order valence-electron chi connectivity index (χ4n) is 1.86. The second-order valence-corrected chi connectivity index (χ2v) is 6.55. The van der Waals surface area contributed by atoms with E-state index in [4.69, 9.17) is 10.5 Å². The van der Waals surface area contributed by atoms with Gasteiger partial charge in [0.2, 0.25) is 10.0 Å². The quantitative estimate of drug-likeness (QED) is 0.731. The minimum absolute atomic E-state index is 0.165. The molecule has 0 aromatic rings. The largest absolute Gasteiger partial charge is 0.381 e. The number of ether oxygens (including phenoxy) is 1. The van der Waals surface area contributed by atoms with E-state index in [0.29, 0.717) is 32.5 Å². The fourth-order valence-corrected chi connectivity index (χ4v) is 3.61. The van der Waals surface area contributed by atoms with Crippen LogP contribution in [0.3, 0.4) is 0 Å². The molecule has 1 aliphatic heterocycles. The molecule has 5 nitrogen and oxygen atoms in total. The summed E-state index contributed by atoms with van der Waals surface area (Å²) in [7, 11) is -3.31. The number of hydrogen-bond acceptors (Lipinski definition) is 4. The van der Waals surface area contributed by atoms with Crippen LogP contribution in [0.2, 0.25) is 0 Å². The minimum atomic E-state index is -3.31. The van der Waals surface area contributed by atoms with Gasteiger partial charge in [0.05, 0.1) is 5.25 Å². The van der Waals surface area contributed by atoms with Gasteiger partial charge in [-0.25, -0.2) is 13.1 Å². The lowest BCUT2D eigenvalue weighted by Gasteiger charge is -2.35. The van der Waals surface area contributed by atoms with E-state index in [1.54, 1.807) is 0 Å². The van der Waals surface area contributed by atoms with Crippen LogP contribution in [0.25, 0.3) is 0 Å². The zero-order valence-electron chi connectivity index (χ0n) is 10.0. The van der Waals surface area contributed by atoms with Gasteiger partial charge in [-0.2, -0.15) is 0 Å². The summed E-state index contributed by atoms with van der Waals surface area (Å²) < 4.78 is 32.1. The predicted molar refractivity (Wildman–Crippen MR) is 63.6 cm³/mol. The first-order valence-electron chi connectivity index (χ1n) is 5.74. The normalized spacial score (nSPS) is 22.9. The number of rotatable bonds is 5. The van der Waals surface area contributed by atoms with Crippen LogP contribution in [0.5, 0.6) is 0 Å². The molecule has 3 N–H and O–H groups in total. The molecule has 1 fully saturated rings. The first-order chi connectivity index (χ1) is 7.43. The molecule has 16 heavy (non-hydrogen) atoms. The van der Waals surface area contributed by atoms with Gasteiger partial charge in [0.15, 0.2) is 0 Å². The molecule has 1 aliphatic rings. The van der Waals surface area contributed by atoms with Crippen LogP contribution in [0.15, 0.2) is 0 Å². The van der Waals surface area contributed by atoms with E-state index in [9.17, 15) is 8.42 Å². The highest BCUT2D eigenvalue weighted by Gasteiger charge is 2.34. The highest BCUT2D eigenvalue weighted by Crippen LogP contribution is 2.22. The number of sulfonamides is 1. The number of nitrogens with one attached hydrogen (secondary N) is 1. The van der Waals surface area contributed by atoms with E-state index in [1.165, 1.54) is 0 Å². The van der Waals surface area contributed by atoms with Gasteiger partial charge in [-0.05, 0) is 26.2 Å². The molecule has 1 rings (SSSR count). The van der Waals surface area contributed by atoms with Crippen molar-refractivity contribution in [2.24, 2.45) is 5.73 Å². The van der Waals surface area contributed by atoms with Crippen LogP contribution < -0.4 is 10.5 Å². The van der Waals surface area contributed by atoms with Gasteiger partial charge in [-0.3, -0.25) is 0 Å². The Morgan fingerprint density at radius 1 is 1.44 bits per heavy atom. The Kier molecular flexibility index (Phi) is 4.73. The summed E-state index contributed by atoms with van der Waals surface area (Å²) in [6.45, 7) is 5.15. The van der Waals surface area contributed by atoms with Gasteiger partial charge < -0.3 is 10.5 Å². The zero-order chi connectivity index (χ0) is 12.2. The third kappa shape index (κ3) is 3.41. The van der Waals surface area contributed by atoms with Crippen molar-refractivity contribution in [3.05, 3.63) is 0 Å². The van der Waals surface area contributed by atoms with Crippen molar-refractivity contribution in [2.75, 3.05) is 19.8 Å². The molecule has 0 aromatic carbocycles. The van der Waals surface area contributed by atoms with Gasteiger partial charge in [0, 0.05) is 25.3 Å². The molecule has 0 amide bonds. The van der Waals surface area contributed by atoms with Gasteiger partial charge >= 0.3 is 0 Å². The Morgan fingerprint density at radius 2 is 2.00 bits per heavy atom. The SMILES string of the molecule is CCC(CN)S(=O)(=O)NC1(C)CCOCC1. The van der Waals surface area contributed by atoms with Crippen molar-refractivity contribution in [3.8, 4) is 0 Å². The smallest absolute Gasteiger partial charge is 0.216 e. The molecule has 0 spiro atoms.